The highest BCUT2D eigenvalue weighted by Gasteiger charge is 2.21. The molecule has 2 aromatic rings. The molecule has 0 amide bonds. The lowest BCUT2D eigenvalue weighted by molar-refractivity contribution is 0.504. The lowest BCUT2D eigenvalue weighted by Crippen LogP contribution is -2.15. The van der Waals surface area contributed by atoms with Gasteiger partial charge in [-0.15, -0.1) is 0 Å². The van der Waals surface area contributed by atoms with Gasteiger partial charge in [-0.25, -0.2) is 4.21 Å². The molecule has 3 atom stereocenters. The van der Waals surface area contributed by atoms with Crippen LogP contribution >= 0.6 is 0 Å². The predicted octanol–water partition coefficient (Wildman–Crippen LogP) is 5.36. The highest BCUT2D eigenvalue weighted by Crippen LogP contribution is 2.36. The summed E-state index contributed by atoms with van der Waals surface area (Å²) < 4.78 is 17.2. The van der Waals surface area contributed by atoms with Gasteiger partial charge in [0, 0.05) is 0 Å². The van der Waals surface area contributed by atoms with Crippen LogP contribution in [-0.4, -0.2) is 9.96 Å². The molecule has 2 aromatic carbocycles. The molecule has 1 heterocycles. The Morgan fingerprint density at radius 1 is 1.00 bits per heavy atom. The molecule has 0 fully saturated rings. The Labute approximate surface area is 147 Å². The minimum absolute atomic E-state index is 0.499. The van der Waals surface area contributed by atoms with E-state index in [1.165, 1.54) is 16.7 Å². The van der Waals surface area contributed by atoms with E-state index in [9.17, 15) is 4.21 Å². The van der Waals surface area contributed by atoms with E-state index in [2.05, 4.69) is 62.4 Å². The standard InChI is InChI=1S/C21H26O2S/c1-3-16(18-8-6-5-7-9-18)14-17(4-2)20-11-10-19-12-13-24(22)23-21(19)15-20/h5-11,15-17H,3-4,12-14H2,1-2H3. The molecule has 24 heavy (non-hydrogen) atoms. The minimum Gasteiger partial charge on any atom is -0.400 e. The van der Waals surface area contributed by atoms with Crippen LogP contribution in [0.15, 0.2) is 48.5 Å². The fraction of sp³-hybridized carbons (Fsp3) is 0.429. The summed E-state index contributed by atoms with van der Waals surface area (Å²) in [4.78, 5) is 0. The first-order chi connectivity index (χ1) is 11.7. The van der Waals surface area contributed by atoms with Gasteiger partial charge in [-0.2, -0.15) is 0 Å². The van der Waals surface area contributed by atoms with Crippen LogP contribution in [0.1, 0.15) is 61.6 Å². The third-order valence-electron chi connectivity index (χ3n) is 5.11. The van der Waals surface area contributed by atoms with Crippen LogP contribution in [0.5, 0.6) is 5.75 Å². The van der Waals surface area contributed by atoms with Crippen molar-refractivity contribution in [3.63, 3.8) is 0 Å². The van der Waals surface area contributed by atoms with E-state index in [1.807, 2.05) is 0 Å². The number of fused-ring (bicyclic) bond motifs is 1. The molecule has 3 rings (SSSR count). The maximum Gasteiger partial charge on any atom is 0.206 e. The second kappa shape index (κ2) is 7.98. The van der Waals surface area contributed by atoms with Crippen LogP contribution in [0.2, 0.25) is 0 Å². The molecule has 1 aliphatic rings. The van der Waals surface area contributed by atoms with Gasteiger partial charge in [0.25, 0.3) is 0 Å². The van der Waals surface area contributed by atoms with Gasteiger partial charge in [0.05, 0.1) is 5.75 Å². The van der Waals surface area contributed by atoms with Gasteiger partial charge in [0.1, 0.15) is 5.75 Å². The van der Waals surface area contributed by atoms with Gasteiger partial charge in [-0.1, -0.05) is 56.3 Å². The maximum absolute atomic E-state index is 11.7. The van der Waals surface area contributed by atoms with E-state index < -0.39 is 11.1 Å². The van der Waals surface area contributed by atoms with Gasteiger partial charge in [-0.3, -0.25) is 0 Å². The molecular formula is C21H26O2S. The summed E-state index contributed by atoms with van der Waals surface area (Å²) in [6.07, 6.45) is 4.23. The molecule has 0 radical (unpaired) electrons. The summed E-state index contributed by atoms with van der Waals surface area (Å²) in [6.45, 7) is 4.52. The van der Waals surface area contributed by atoms with Crippen LogP contribution in [0, 0.1) is 0 Å². The zero-order valence-corrected chi connectivity index (χ0v) is 15.4. The van der Waals surface area contributed by atoms with Gasteiger partial charge >= 0.3 is 0 Å². The topological polar surface area (TPSA) is 26.3 Å². The SMILES string of the molecule is CCC(CC(CC)c1ccc2c(c1)OS(=O)CC2)c1ccccc1. The van der Waals surface area contributed by atoms with Crippen molar-refractivity contribution >= 4 is 11.1 Å². The summed E-state index contributed by atoms with van der Waals surface area (Å²) in [5.74, 6) is 2.50. The van der Waals surface area contributed by atoms with E-state index in [0.717, 1.165) is 31.4 Å². The summed E-state index contributed by atoms with van der Waals surface area (Å²) in [6, 6.07) is 17.3. The quantitative estimate of drug-likeness (QED) is 0.706. The molecule has 128 valence electrons. The molecule has 0 spiro atoms. The van der Waals surface area contributed by atoms with Gasteiger partial charge in [-0.05, 0) is 60.3 Å². The van der Waals surface area contributed by atoms with E-state index in [1.54, 1.807) is 0 Å². The monoisotopic (exact) mass is 342 g/mol. The average molecular weight is 343 g/mol. The zero-order valence-electron chi connectivity index (χ0n) is 14.5. The second-order valence-electron chi connectivity index (χ2n) is 6.57. The van der Waals surface area contributed by atoms with E-state index in [-0.39, 0.29) is 0 Å². The Morgan fingerprint density at radius 3 is 2.42 bits per heavy atom. The third kappa shape index (κ3) is 3.89. The normalized spacial score (nSPS) is 19.2. The molecular weight excluding hydrogens is 316 g/mol. The van der Waals surface area contributed by atoms with Crippen LogP contribution in [-0.2, 0) is 17.5 Å². The van der Waals surface area contributed by atoms with E-state index >= 15 is 0 Å². The summed E-state index contributed by atoms with van der Waals surface area (Å²) in [5.41, 5.74) is 3.92. The van der Waals surface area contributed by atoms with Crippen LogP contribution < -0.4 is 4.18 Å². The first kappa shape index (κ1) is 17.2. The lowest BCUT2D eigenvalue weighted by atomic mass is 9.82. The predicted molar refractivity (Wildman–Crippen MR) is 101 cm³/mol. The van der Waals surface area contributed by atoms with Crippen LogP contribution in [0.25, 0.3) is 0 Å². The number of benzene rings is 2. The summed E-state index contributed by atoms with van der Waals surface area (Å²) in [5, 5.41) is 0. The molecule has 2 nitrogen and oxygen atoms in total. The van der Waals surface area contributed by atoms with Crippen LogP contribution in [0.3, 0.4) is 0 Å². The fourth-order valence-corrected chi connectivity index (χ4v) is 4.42. The Bertz CT molecular complexity index is 696. The van der Waals surface area contributed by atoms with Crippen molar-refractivity contribution in [2.24, 2.45) is 0 Å². The molecule has 0 bridgehead atoms. The molecule has 0 aromatic heterocycles. The van der Waals surface area contributed by atoms with Gasteiger partial charge < -0.3 is 4.18 Å². The van der Waals surface area contributed by atoms with Gasteiger partial charge in [0.15, 0.2) is 0 Å². The van der Waals surface area contributed by atoms with Crippen molar-refractivity contribution in [3.05, 3.63) is 65.2 Å². The third-order valence-corrected chi connectivity index (χ3v) is 6.01. The first-order valence-corrected chi connectivity index (χ1v) is 10.2. The molecule has 0 aliphatic carbocycles. The second-order valence-corrected chi connectivity index (χ2v) is 7.75. The number of hydrogen-bond donors (Lipinski definition) is 0. The smallest absolute Gasteiger partial charge is 0.206 e. The molecule has 0 N–H and O–H groups in total. The largest absolute Gasteiger partial charge is 0.400 e. The molecule has 1 aliphatic heterocycles. The minimum atomic E-state index is -1.17. The van der Waals surface area contributed by atoms with Crippen LogP contribution in [0.4, 0.5) is 0 Å². The van der Waals surface area contributed by atoms with Crippen molar-refractivity contribution in [2.45, 2.75) is 51.4 Å². The first-order valence-electron chi connectivity index (χ1n) is 8.95. The maximum atomic E-state index is 11.7. The van der Waals surface area contributed by atoms with E-state index in [0.29, 0.717) is 17.6 Å². The van der Waals surface area contributed by atoms with Gasteiger partial charge in [0.2, 0.25) is 11.1 Å². The van der Waals surface area contributed by atoms with Crippen molar-refractivity contribution in [3.8, 4) is 5.75 Å². The summed E-state index contributed by atoms with van der Waals surface area (Å²) in [7, 11) is 0. The van der Waals surface area contributed by atoms with Crippen molar-refractivity contribution in [2.75, 3.05) is 5.75 Å². The summed E-state index contributed by atoms with van der Waals surface area (Å²) >= 11 is -1.17. The van der Waals surface area contributed by atoms with Crippen molar-refractivity contribution < 1.29 is 8.39 Å². The number of aryl methyl sites for hydroxylation is 1. The Morgan fingerprint density at radius 2 is 1.71 bits per heavy atom. The fourth-order valence-electron chi connectivity index (χ4n) is 3.59. The Hall–Kier alpha value is -1.61. The lowest BCUT2D eigenvalue weighted by Gasteiger charge is -2.24. The molecule has 3 heteroatoms. The van der Waals surface area contributed by atoms with Crippen molar-refractivity contribution in [1.29, 1.82) is 0 Å². The van der Waals surface area contributed by atoms with Crippen molar-refractivity contribution in [1.82, 2.24) is 0 Å². The van der Waals surface area contributed by atoms with E-state index in [4.69, 9.17) is 4.18 Å². The number of rotatable bonds is 6. The highest BCUT2D eigenvalue weighted by molar-refractivity contribution is 7.80. The Balaban J connectivity index is 1.81. The molecule has 0 saturated carbocycles. The average Bonchev–Trinajstić information content (AvgIpc) is 2.63. The number of hydrogen-bond acceptors (Lipinski definition) is 2. The zero-order chi connectivity index (χ0) is 16.9. The highest BCUT2D eigenvalue weighted by atomic mass is 32.2. The molecule has 3 unspecified atom stereocenters. The Kier molecular flexibility index (Phi) is 5.72. The molecule has 0 saturated heterocycles.